The Morgan fingerprint density at radius 2 is 1.81 bits per heavy atom. The molecule has 1 heterocycles. The van der Waals surface area contributed by atoms with Crippen LogP contribution in [0, 0.1) is 18.6 Å². The van der Waals surface area contributed by atoms with E-state index in [1.165, 1.54) is 6.07 Å². The molecule has 1 saturated heterocycles. The third-order valence-electron chi connectivity index (χ3n) is 4.73. The van der Waals surface area contributed by atoms with Gasteiger partial charge in [0.1, 0.15) is 5.75 Å². The van der Waals surface area contributed by atoms with Crippen molar-refractivity contribution in [2.45, 2.75) is 32.4 Å². The molecule has 0 aromatic heterocycles. The van der Waals surface area contributed by atoms with Crippen LogP contribution in [0.25, 0.3) is 0 Å². The van der Waals surface area contributed by atoms with Crippen molar-refractivity contribution in [2.75, 3.05) is 19.7 Å². The molecule has 1 aliphatic rings. The quantitative estimate of drug-likeness (QED) is 0.842. The molecule has 0 bridgehead atoms. The first-order valence-electron chi connectivity index (χ1n) is 9.15. The fourth-order valence-electron chi connectivity index (χ4n) is 3.18. The Balaban J connectivity index is 1.39. The molecule has 0 aliphatic carbocycles. The molecule has 4 nitrogen and oxygen atoms in total. The largest absolute Gasteiger partial charge is 0.484 e. The number of halogens is 2. The highest BCUT2D eigenvalue weighted by Gasteiger charge is 2.21. The Morgan fingerprint density at radius 3 is 2.48 bits per heavy atom. The van der Waals surface area contributed by atoms with Crippen LogP contribution in [0.4, 0.5) is 8.78 Å². The molecule has 6 heteroatoms. The number of carbonyl (C=O) groups is 1. The van der Waals surface area contributed by atoms with Crippen LogP contribution < -0.4 is 10.1 Å². The third-order valence-corrected chi connectivity index (χ3v) is 4.73. The van der Waals surface area contributed by atoms with Crippen LogP contribution in [0.1, 0.15) is 24.0 Å². The number of carbonyl (C=O) groups excluding carboxylic acids is 1. The summed E-state index contributed by atoms with van der Waals surface area (Å²) in [6.45, 7) is 4.16. The zero-order chi connectivity index (χ0) is 19.2. The van der Waals surface area contributed by atoms with E-state index in [1.807, 2.05) is 31.2 Å². The maximum Gasteiger partial charge on any atom is 0.258 e. The lowest BCUT2D eigenvalue weighted by molar-refractivity contribution is -0.124. The number of hydrogen-bond donors (Lipinski definition) is 1. The van der Waals surface area contributed by atoms with E-state index < -0.39 is 11.6 Å². The van der Waals surface area contributed by atoms with E-state index in [9.17, 15) is 13.6 Å². The molecular weight excluding hydrogens is 350 g/mol. The van der Waals surface area contributed by atoms with E-state index in [1.54, 1.807) is 6.07 Å². The molecule has 3 rings (SSSR count). The maximum absolute atomic E-state index is 13.3. The lowest BCUT2D eigenvalue weighted by atomic mass is 10.0. The summed E-state index contributed by atoms with van der Waals surface area (Å²) < 4.78 is 31.8. The van der Waals surface area contributed by atoms with Gasteiger partial charge < -0.3 is 10.1 Å². The number of piperidine rings is 1. The molecule has 1 amide bonds. The first kappa shape index (κ1) is 19.3. The molecule has 0 spiro atoms. The van der Waals surface area contributed by atoms with Gasteiger partial charge in [-0.3, -0.25) is 9.69 Å². The van der Waals surface area contributed by atoms with Crippen molar-refractivity contribution >= 4 is 5.91 Å². The van der Waals surface area contributed by atoms with Crippen molar-refractivity contribution in [3.05, 3.63) is 65.2 Å². The van der Waals surface area contributed by atoms with Gasteiger partial charge in [0.2, 0.25) is 0 Å². The monoisotopic (exact) mass is 374 g/mol. The molecule has 1 fully saturated rings. The van der Waals surface area contributed by atoms with Crippen molar-refractivity contribution in [3.8, 4) is 5.75 Å². The minimum Gasteiger partial charge on any atom is -0.484 e. The van der Waals surface area contributed by atoms with Crippen LogP contribution in [-0.2, 0) is 11.3 Å². The van der Waals surface area contributed by atoms with E-state index >= 15 is 0 Å². The fourth-order valence-corrected chi connectivity index (χ4v) is 3.18. The summed E-state index contributed by atoms with van der Waals surface area (Å²) in [6, 6.07) is 11.7. The van der Waals surface area contributed by atoms with Crippen molar-refractivity contribution < 1.29 is 18.3 Å². The smallest absolute Gasteiger partial charge is 0.258 e. The van der Waals surface area contributed by atoms with Crippen LogP contribution in [-0.4, -0.2) is 36.5 Å². The molecule has 2 aromatic carbocycles. The van der Waals surface area contributed by atoms with Gasteiger partial charge >= 0.3 is 0 Å². The van der Waals surface area contributed by atoms with Crippen LogP contribution in [0.15, 0.2) is 42.5 Å². The van der Waals surface area contributed by atoms with E-state index in [2.05, 4.69) is 10.2 Å². The molecule has 0 saturated carbocycles. The number of aryl methyl sites for hydroxylation is 1. The van der Waals surface area contributed by atoms with Crippen LogP contribution in [0.3, 0.4) is 0 Å². The Labute approximate surface area is 158 Å². The lowest BCUT2D eigenvalue weighted by Gasteiger charge is -2.32. The molecule has 0 unspecified atom stereocenters. The summed E-state index contributed by atoms with van der Waals surface area (Å²) in [6.07, 6.45) is 1.64. The van der Waals surface area contributed by atoms with Gasteiger partial charge in [0, 0.05) is 25.7 Å². The number of amides is 1. The second kappa shape index (κ2) is 8.95. The summed E-state index contributed by atoms with van der Waals surface area (Å²) in [5.41, 5.74) is 1.89. The highest BCUT2D eigenvalue weighted by Crippen LogP contribution is 2.16. The standard InChI is InChI=1S/C21H24F2N2O2/c1-15-2-5-18(6-3-15)27-14-21(26)24-17-8-10-25(11-9-17)13-16-4-7-19(22)20(23)12-16/h2-7,12,17H,8-11,13-14H2,1H3,(H,24,26). The number of rotatable bonds is 6. The minimum atomic E-state index is -0.826. The van der Waals surface area contributed by atoms with Crippen LogP contribution >= 0.6 is 0 Å². The number of likely N-dealkylation sites (tertiary alicyclic amines) is 1. The summed E-state index contributed by atoms with van der Waals surface area (Å²) in [5, 5.41) is 3.00. The minimum absolute atomic E-state index is 0.00185. The van der Waals surface area contributed by atoms with E-state index in [4.69, 9.17) is 4.74 Å². The summed E-state index contributed by atoms with van der Waals surface area (Å²) >= 11 is 0. The van der Waals surface area contributed by atoms with E-state index in [-0.39, 0.29) is 18.6 Å². The first-order valence-corrected chi connectivity index (χ1v) is 9.15. The van der Waals surface area contributed by atoms with Crippen LogP contribution in [0.5, 0.6) is 5.75 Å². The number of nitrogens with zero attached hydrogens (tertiary/aromatic N) is 1. The number of nitrogens with one attached hydrogen (secondary N) is 1. The van der Waals surface area contributed by atoms with Gasteiger partial charge in [0.05, 0.1) is 0 Å². The molecule has 1 aliphatic heterocycles. The van der Waals surface area contributed by atoms with Crippen molar-refractivity contribution in [1.82, 2.24) is 10.2 Å². The topological polar surface area (TPSA) is 41.6 Å². The van der Waals surface area contributed by atoms with Gasteiger partial charge in [-0.15, -0.1) is 0 Å². The fraction of sp³-hybridized carbons (Fsp3) is 0.381. The number of benzene rings is 2. The van der Waals surface area contributed by atoms with Crippen LogP contribution in [0.2, 0.25) is 0 Å². The van der Waals surface area contributed by atoms with Crippen molar-refractivity contribution in [1.29, 1.82) is 0 Å². The second-order valence-electron chi connectivity index (χ2n) is 6.97. The Hall–Kier alpha value is -2.47. The SMILES string of the molecule is Cc1ccc(OCC(=O)NC2CCN(Cc3ccc(F)c(F)c3)CC2)cc1. The molecule has 0 atom stereocenters. The Bertz CT molecular complexity index is 772. The second-order valence-corrected chi connectivity index (χ2v) is 6.97. The van der Waals surface area contributed by atoms with Gasteiger partial charge in [-0.2, -0.15) is 0 Å². The predicted molar refractivity (Wildman–Crippen MR) is 99.5 cm³/mol. The van der Waals surface area contributed by atoms with E-state index in [0.717, 1.165) is 43.1 Å². The maximum atomic E-state index is 13.3. The lowest BCUT2D eigenvalue weighted by Crippen LogP contribution is -2.45. The average molecular weight is 374 g/mol. The normalized spacial score (nSPS) is 15.5. The molecule has 0 radical (unpaired) electrons. The zero-order valence-corrected chi connectivity index (χ0v) is 15.4. The third kappa shape index (κ3) is 5.76. The Morgan fingerprint density at radius 1 is 1.11 bits per heavy atom. The van der Waals surface area contributed by atoms with Gasteiger partial charge in [-0.25, -0.2) is 8.78 Å². The van der Waals surface area contributed by atoms with Crippen molar-refractivity contribution in [3.63, 3.8) is 0 Å². The zero-order valence-electron chi connectivity index (χ0n) is 15.4. The highest BCUT2D eigenvalue weighted by molar-refractivity contribution is 5.77. The van der Waals surface area contributed by atoms with E-state index in [0.29, 0.717) is 12.3 Å². The highest BCUT2D eigenvalue weighted by atomic mass is 19.2. The molecule has 2 aromatic rings. The van der Waals surface area contributed by atoms with Gasteiger partial charge in [0.15, 0.2) is 18.2 Å². The molecule has 1 N–H and O–H groups in total. The molecule has 27 heavy (non-hydrogen) atoms. The summed E-state index contributed by atoms with van der Waals surface area (Å²) in [5.74, 6) is -1.09. The Kier molecular flexibility index (Phi) is 6.40. The molecule has 144 valence electrons. The summed E-state index contributed by atoms with van der Waals surface area (Å²) in [7, 11) is 0. The average Bonchev–Trinajstić information content (AvgIpc) is 2.66. The van der Waals surface area contributed by atoms with Gasteiger partial charge in [-0.1, -0.05) is 23.8 Å². The van der Waals surface area contributed by atoms with Gasteiger partial charge in [-0.05, 0) is 49.6 Å². The molecular formula is C21H24F2N2O2. The van der Waals surface area contributed by atoms with Crippen molar-refractivity contribution in [2.24, 2.45) is 0 Å². The first-order chi connectivity index (χ1) is 13.0. The van der Waals surface area contributed by atoms with Gasteiger partial charge in [0.25, 0.3) is 5.91 Å². The number of hydrogen-bond acceptors (Lipinski definition) is 3. The predicted octanol–water partition coefficient (Wildman–Crippen LogP) is 3.43. The number of ether oxygens (including phenoxy) is 1. The summed E-state index contributed by atoms with van der Waals surface area (Å²) in [4.78, 5) is 14.2.